The van der Waals surface area contributed by atoms with Crippen molar-refractivity contribution in [3.05, 3.63) is 29.3 Å². The van der Waals surface area contributed by atoms with Crippen LogP contribution >= 0.6 is 0 Å². The highest BCUT2D eigenvalue weighted by atomic mass is 16.3. The van der Waals surface area contributed by atoms with Crippen LogP contribution in [-0.4, -0.2) is 29.0 Å². The largest absolute Gasteiger partial charge is 0.508 e. The van der Waals surface area contributed by atoms with Crippen LogP contribution in [0.25, 0.3) is 0 Å². The van der Waals surface area contributed by atoms with Crippen LogP contribution in [-0.2, 0) is 6.42 Å². The maximum atomic E-state index is 12.0. The fraction of sp³-hybridized carbons (Fsp3) is 0.417. The summed E-state index contributed by atoms with van der Waals surface area (Å²) < 4.78 is 0. The third-order valence-electron chi connectivity index (χ3n) is 2.75. The molecule has 0 aromatic heterocycles. The molecule has 0 fully saturated rings. The molecule has 0 aliphatic carbocycles. The number of fused-ring (bicyclic) bond motifs is 1. The van der Waals surface area contributed by atoms with Crippen molar-refractivity contribution in [2.75, 3.05) is 13.1 Å². The first-order valence-corrected chi connectivity index (χ1v) is 5.33. The van der Waals surface area contributed by atoms with Crippen molar-refractivity contribution in [3.8, 4) is 5.75 Å². The standard InChI is InChI=1S/C12H15NO2/c1-2-6-13-7-5-9-8-10(14)3-4-11(9)12(13)15/h3-4,8,14H,2,5-7H2,1H3. The molecule has 0 unspecified atom stereocenters. The zero-order chi connectivity index (χ0) is 10.8. The predicted octanol–water partition coefficient (Wildman–Crippen LogP) is 1.80. The lowest BCUT2D eigenvalue weighted by molar-refractivity contribution is 0.0740. The van der Waals surface area contributed by atoms with E-state index in [1.54, 1.807) is 18.2 Å². The van der Waals surface area contributed by atoms with Gasteiger partial charge in [-0.1, -0.05) is 6.92 Å². The lowest BCUT2D eigenvalue weighted by Gasteiger charge is -2.28. The van der Waals surface area contributed by atoms with Crippen LogP contribution in [0.4, 0.5) is 0 Å². The van der Waals surface area contributed by atoms with Crippen molar-refractivity contribution in [2.24, 2.45) is 0 Å². The van der Waals surface area contributed by atoms with Crippen LogP contribution < -0.4 is 0 Å². The highest BCUT2D eigenvalue weighted by Crippen LogP contribution is 2.22. The number of hydrogen-bond acceptors (Lipinski definition) is 2. The summed E-state index contributed by atoms with van der Waals surface area (Å²) in [7, 11) is 0. The summed E-state index contributed by atoms with van der Waals surface area (Å²) in [5.41, 5.74) is 1.71. The molecule has 2 rings (SSSR count). The Balaban J connectivity index is 2.30. The predicted molar refractivity (Wildman–Crippen MR) is 58.0 cm³/mol. The Morgan fingerprint density at radius 3 is 3.00 bits per heavy atom. The van der Waals surface area contributed by atoms with Gasteiger partial charge in [-0.05, 0) is 36.6 Å². The molecule has 1 N–H and O–H groups in total. The first-order chi connectivity index (χ1) is 7.22. The number of rotatable bonds is 2. The van der Waals surface area contributed by atoms with Gasteiger partial charge < -0.3 is 10.0 Å². The van der Waals surface area contributed by atoms with Crippen molar-refractivity contribution < 1.29 is 9.90 Å². The molecular weight excluding hydrogens is 190 g/mol. The number of benzene rings is 1. The van der Waals surface area contributed by atoms with Gasteiger partial charge in [0.05, 0.1) is 0 Å². The molecular formula is C12H15NO2. The Hall–Kier alpha value is -1.51. The number of carbonyl (C=O) groups is 1. The smallest absolute Gasteiger partial charge is 0.254 e. The van der Waals surface area contributed by atoms with Gasteiger partial charge in [-0.2, -0.15) is 0 Å². The number of phenols is 1. The molecule has 3 nitrogen and oxygen atoms in total. The Kier molecular flexibility index (Phi) is 2.62. The van der Waals surface area contributed by atoms with E-state index in [-0.39, 0.29) is 11.7 Å². The molecule has 0 spiro atoms. The third-order valence-corrected chi connectivity index (χ3v) is 2.75. The molecule has 0 radical (unpaired) electrons. The van der Waals surface area contributed by atoms with E-state index in [0.29, 0.717) is 0 Å². The van der Waals surface area contributed by atoms with Crippen molar-refractivity contribution in [1.29, 1.82) is 0 Å². The number of nitrogens with zero attached hydrogens (tertiary/aromatic N) is 1. The van der Waals surface area contributed by atoms with Gasteiger partial charge >= 0.3 is 0 Å². The highest BCUT2D eigenvalue weighted by molar-refractivity contribution is 5.96. The molecule has 1 aromatic rings. The van der Waals surface area contributed by atoms with E-state index >= 15 is 0 Å². The molecule has 1 amide bonds. The van der Waals surface area contributed by atoms with E-state index < -0.39 is 0 Å². The zero-order valence-corrected chi connectivity index (χ0v) is 8.86. The van der Waals surface area contributed by atoms with Gasteiger partial charge in [0.25, 0.3) is 5.91 Å². The van der Waals surface area contributed by atoms with Gasteiger partial charge in [0, 0.05) is 18.7 Å². The van der Waals surface area contributed by atoms with Crippen LogP contribution in [0.3, 0.4) is 0 Å². The Morgan fingerprint density at radius 1 is 1.47 bits per heavy atom. The Morgan fingerprint density at radius 2 is 2.27 bits per heavy atom. The number of carbonyl (C=O) groups excluding carboxylic acids is 1. The zero-order valence-electron chi connectivity index (χ0n) is 8.86. The minimum Gasteiger partial charge on any atom is -0.508 e. The van der Waals surface area contributed by atoms with E-state index in [4.69, 9.17) is 0 Å². The second-order valence-electron chi connectivity index (χ2n) is 3.88. The fourth-order valence-electron chi connectivity index (χ4n) is 2.01. The van der Waals surface area contributed by atoms with Crippen LogP contribution in [0.5, 0.6) is 5.75 Å². The molecule has 0 atom stereocenters. The average molecular weight is 205 g/mol. The van der Waals surface area contributed by atoms with Gasteiger partial charge in [0.1, 0.15) is 5.75 Å². The number of hydrogen-bond donors (Lipinski definition) is 1. The van der Waals surface area contributed by atoms with E-state index in [1.165, 1.54) is 0 Å². The summed E-state index contributed by atoms with van der Waals surface area (Å²) in [5.74, 6) is 0.337. The van der Waals surface area contributed by atoms with Gasteiger partial charge in [-0.25, -0.2) is 0 Å². The molecule has 1 heterocycles. The first-order valence-electron chi connectivity index (χ1n) is 5.33. The van der Waals surface area contributed by atoms with Crippen LogP contribution in [0, 0.1) is 0 Å². The third kappa shape index (κ3) is 1.82. The van der Waals surface area contributed by atoms with Gasteiger partial charge in [-0.15, -0.1) is 0 Å². The van der Waals surface area contributed by atoms with Crippen molar-refractivity contribution in [1.82, 2.24) is 4.90 Å². The van der Waals surface area contributed by atoms with Crippen molar-refractivity contribution >= 4 is 5.91 Å². The van der Waals surface area contributed by atoms with E-state index in [9.17, 15) is 9.90 Å². The molecule has 80 valence electrons. The number of amides is 1. The summed E-state index contributed by atoms with van der Waals surface area (Å²) in [6, 6.07) is 4.98. The van der Waals surface area contributed by atoms with Crippen molar-refractivity contribution in [3.63, 3.8) is 0 Å². The molecule has 1 aliphatic heterocycles. The summed E-state index contributed by atoms with van der Waals surface area (Å²) in [4.78, 5) is 13.8. The molecule has 1 aliphatic rings. The summed E-state index contributed by atoms with van der Waals surface area (Å²) in [6.07, 6.45) is 1.83. The normalized spacial score (nSPS) is 15.3. The SMILES string of the molecule is CCCN1CCc2cc(O)ccc2C1=O. The van der Waals surface area contributed by atoms with E-state index in [0.717, 1.165) is 37.1 Å². The van der Waals surface area contributed by atoms with Crippen molar-refractivity contribution in [2.45, 2.75) is 19.8 Å². The summed E-state index contributed by atoms with van der Waals surface area (Å²) in [6.45, 7) is 3.65. The lowest BCUT2D eigenvalue weighted by Crippen LogP contribution is -2.37. The molecule has 15 heavy (non-hydrogen) atoms. The average Bonchev–Trinajstić information content (AvgIpc) is 2.22. The van der Waals surface area contributed by atoms with Gasteiger partial charge in [0.15, 0.2) is 0 Å². The second-order valence-corrected chi connectivity index (χ2v) is 3.88. The minimum atomic E-state index is 0.0955. The maximum absolute atomic E-state index is 12.0. The van der Waals surface area contributed by atoms with Crippen LogP contribution in [0.1, 0.15) is 29.3 Å². The van der Waals surface area contributed by atoms with E-state index in [2.05, 4.69) is 6.92 Å². The van der Waals surface area contributed by atoms with Crippen LogP contribution in [0.2, 0.25) is 0 Å². The molecule has 0 saturated heterocycles. The van der Waals surface area contributed by atoms with Gasteiger partial charge in [0.2, 0.25) is 0 Å². The monoisotopic (exact) mass is 205 g/mol. The molecule has 0 bridgehead atoms. The maximum Gasteiger partial charge on any atom is 0.254 e. The Labute approximate surface area is 89.3 Å². The first kappa shape index (κ1) is 10.0. The quantitative estimate of drug-likeness (QED) is 0.799. The lowest BCUT2D eigenvalue weighted by atomic mass is 9.98. The topological polar surface area (TPSA) is 40.5 Å². The number of phenolic OH excluding ortho intramolecular Hbond substituents is 1. The Bertz CT molecular complexity index is 387. The summed E-state index contributed by atoms with van der Waals surface area (Å²) >= 11 is 0. The molecule has 0 saturated carbocycles. The number of aromatic hydroxyl groups is 1. The minimum absolute atomic E-state index is 0.0955. The van der Waals surface area contributed by atoms with E-state index in [1.807, 2.05) is 4.90 Å². The summed E-state index contributed by atoms with van der Waals surface area (Å²) in [5, 5.41) is 9.32. The highest BCUT2D eigenvalue weighted by Gasteiger charge is 2.23. The fourth-order valence-corrected chi connectivity index (χ4v) is 2.01. The molecule has 3 heteroatoms. The molecule has 1 aromatic carbocycles. The van der Waals surface area contributed by atoms with Gasteiger partial charge in [-0.3, -0.25) is 4.79 Å². The second kappa shape index (κ2) is 3.93. The van der Waals surface area contributed by atoms with Crippen LogP contribution in [0.15, 0.2) is 18.2 Å².